The molecule has 7 nitrogen and oxygen atoms in total. The molecule has 0 radical (unpaired) electrons. The normalized spacial score (nSPS) is 10.3. The van der Waals surface area contributed by atoms with Gasteiger partial charge in [-0.15, -0.1) is 0 Å². The standard InChI is InChI=1S/C12H14BrN3O4/c1-3-20-9-5-7(4-8(13)10(9)17)6-15-16-12(19)11(18)14-2/h4-6,17H,3H2,1-2H3,(H,14,18)(H,16,19)/b15-6+. The first-order chi connectivity index (χ1) is 9.49. The lowest BCUT2D eigenvalue weighted by molar-refractivity contribution is -0.138. The van der Waals surface area contributed by atoms with Crippen molar-refractivity contribution in [3.8, 4) is 11.5 Å². The van der Waals surface area contributed by atoms with Crippen molar-refractivity contribution < 1.29 is 19.4 Å². The van der Waals surface area contributed by atoms with Gasteiger partial charge in [-0.2, -0.15) is 5.10 Å². The molecule has 0 aliphatic rings. The second kappa shape index (κ2) is 7.49. The summed E-state index contributed by atoms with van der Waals surface area (Å²) in [6.45, 7) is 2.19. The zero-order chi connectivity index (χ0) is 15.1. The number of hydrogen-bond donors (Lipinski definition) is 3. The van der Waals surface area contributed by atoms with Crippen LogP contribution in [-0.4, -0.2) is 36.8 Å². The summed E-state index contributed by atoms with van der Waals surface area (Å²) in [6.07, 6.45) is 1.33. The van der Waals surface area contributed by atoms with Gasteiger partial charge in [-0.3, -0.25) is 9.59 Å². The van der Waals surface area contributed by atoms with Crippen molar-refractivity contribution in [3.05, 3.63) is 22.2 Å². The predicted octanol–water partition coefficient (Wildman–Crippen LogP) is 0.750. The number of ether oxygens (including phenoxy) is 1. The number of hydrazone groups is 1. The Morgan fingerprint density at radius 3 is 2.75 bits per heavy atom. The second-order valence-electron chi connectivity index (χ2n) is 3.56. The van der Waals surface area contributed by atoms with Gasteiger partial charge in [0.15, 0.2) is 11.5 Å². The molecule has 0 aromatic heterocycles. The number of carbonyl (C=O) groups is 2. The fourth-order valence-electron chi connectivity index (χ4n) is 1.26. The first kappa shape index (κ1) is 16.0. The molecule has 20 heavy (non-hydrogen) atoms. The van der Waals surface area contributed by atoms with Gasteiger partial charge in [0.25, 0.3) is 0 Å². The van der Waals surface area contributed by atoms with Crippen LogP contribution in [-0.2, 0) is 9.59 Å². The molecule has 8 heteroatoms. The number of benzene rings is 1. The smallest absolute Gasteiger partial charge is 0.329 e. The Morgan fingerprint density at radius 2 is 2.15 bits per heavy atom. The van der Waals surface area contributed by atoms with Gasteiger partial charge >= 0.3 is 11.8 Å². The number of hydrogen-bond acceptors (Lipinski definition) is 5. The van der Waals surface area contributed by atoms with Crippen molar-refractivity contribution in [1.29, 1.82) is 0 Å². The van der Waals surface area contributed by atoms with Crippen molar-refractivity contribution in [3.63, 3.8) is 0 Å². The Labute approximate surface area is 124 Å². The second-order valence-corrected chi connectivity index (χ2v) is 4.42. The molecule has 108 valence electrons. The van der Waals surface area contributed by atoms with Crippen LogP contribution in [0, 0.1) is 0 Å². The van der Waals surface area contributed by atoms with Crippen molar-refractivity contribution in [2.75, 3.05) is 13.7 Å². The number of halogens is 1. The number of aromatic hydroxyl groups is 1. The first-order valence-electron chi connectivity index (χ1n) is 5.70. The molecule has 1 rings (SSSR count). The SMILES string of the molecule is CCOc1cc(/C=N/NC(=O)C(=O)NC)cc(Br)c1O. The van der Waals surface area contributed by atoms with Crippen molar-refractivity contribution in [2.45, 2.75) is 6.92 Å². The van der Waals surface area contributed by atoms with Crippen LogP contribution in [0.2, 0.25) is 0 Å². The summed E-state index contributed by atoms with van der Waals surface area (Å²) in [5, 5.41) is 15.5. The first-order valence-corrected chi connectivity index (χ1v) is 6.49. The molecule has 0 aliphatic heterocycles. The highest BCUT2D eigenvalue weighted by atomic mass is 79.9. The molecule has 0 fully saturated rings. The quantitative estimate of drug-likeness (QED) is 0.426. The summed E-state index contributed by atoms with van der Waals surface area (Å²) in [7, 11) is 1.34. The molecule has 0 aliphatic carbocycles. The van der Waals surface area contributed by atoms with Crippen LogP contribution in [0.3, 0.4) is 0 Å². The number of amides is 2. The Hall–Kier alpha value is -2.09. The number of likely N-dealkylation sites (N-methyl/N-ethyl adjacent to an activating group) is 1. The van der Waals surface area contributed by atoms with Gasteiger partial charge in [0.2, 0.25) is 0 Å². The van der Waals surface area contributed by atoms with Gasteiger partial charge in [-0.25, -0.2) is 5.43 Å². The number of carbonyl (C=O) groups excluding carboxylic acids is 2. The van der Waals surface area contributed by atoms with E-state index in [0.717, 1.165) is 0 Å². The number of nitrogens with zero attached hydrogens (tertiary/aromatic N) is 1. The van der Waals surface area contributed by atoms with E-state index in [2.05, 4.69) is 31.8 Å². The molecule has 2 amide bonds. The van der Waals surface area contributed by atoms with E-state index in [1.807, 2.05) is 0 Å². The Bertz CT molecular complexity index is 546. The molecular weight excluding hydrogens is 330 g/mol. The van der Waals surface area contributed by atoms with E-state index in [-0.39, 0.29) is 5.75 Å². The Kier molecular flexibility index (Phi) is 5.98. The van der Waals surface area contributed by atoms with E-state index in [1.165, 1.54) is 13.3 Å². The predicted molar refractivity (Wildman–Crippen MR) is 76.8 cm³/mol. The van der Waals surface area contributed by atoms with Gasteiger partial charge in [-0.1, -0.05) is 0 Å². The van der Waals surface area contributed by atoms with E-state index >= 15 is 0 Å². The van der Waals surface area contributed by atoms with Gasteiger partial charge < -0.3 is 15.2 Å². The average molecular weight is 344 g/mol. The molecule has 0 atom stereocenters. The van der Waals surface area contributed by atoms with Crippen LogP contribution < -0.4 is 15.5 Å². The minimum absolute atomic E-state index is 0.0154. The van der Waals surface area contributed by atoms with Crippen molar-refractivity contribution >= 4 is 34.0 Å². The van der Waals surface area contributed by atoms with Gasteiger partial charge in [0.1, 0.15) is 0 Å². The minimum Gasteiger partial charge on any atom is -0.503 e. The summed E-state index contributed by atoms with van der Waals surface area (Å²) in [5.41, 5.74) is 2.65. The van der Waals surface area contributed by atoms with Crippen molar-refractivity contribution in [1.82, 2.24) is 10.7 Å². The summed E-state index contributed by atoms with van der Waals surface area (Å²) in [4.78, 5) is 22.1. The maximum absolute atomic E-state index is 11.1. The van der Waals surface area contributed by atoms with Crippen LogP contribution >= 0.6 is 15.9 Å². The molecule has 0 heterocycles. The molecule has 0 spiro atoms. The van der Waals surface area contributed by atoms with Gasteiger partial charge in [0, 0.05) is 7.05 Å². The molecular formula is C12H14BrN3O4. The maximum Gasteiger partial charge on any atom is 0.329 e. The van der Waals surface area contributed by atoms with Gasteiger partial charge in [-0.05, 0) is 40.5 Å². The maximum atomic E-state index is 11.1. The van der Waals surface area contributed by atoms with Crippen LogP contribution in [0.15, 0.2) is 21.7 Å². The fourth-order valence-corrected chi connectivity index (χ4v) is 1.72. The topological polar surface area (TPSA) is 100 Å². The third-order valence-corrected chi connectivity index (χ3v) is 2.77. The molecule has 1 aromatic carbocycles. The van der Waals surface area contributed by atoms with Crippen LogP contribution in [0.4, 0.5) is 0 Å². The van der Waals surface area contributed by atoms with E-state index in [9.17, 15) is 14.7 Å². The zero-order valence-electron chi connectivity index (χ0n) is 10.9. The lowest BCUT2D eigenvalue weighted by Crippen LogP contribution is -2.35. The number of phenols is 1. The zero-order valence-corrected chi connectivity index (χ0v) is 12.5. The molecule has 0 bridgehead atoms. The molecule has 0 saturated heterocycles. The molecule has 0 saturated carbocycles. The fraction of sp³-hybridized carbons (Fsp3) is 0.250. The lowest BCUT2D eigenvalue weighted by atomic mass is 10.2. The molecule has 0 unspecified atom stereocenters. The lowest BCUT2D eigenvalue weighted by Gasteiger charge is -2.08. The number of nitrogens with one attached hydrogen (secondary N) is 2. The highest BCUT2D eigenvalue weighted by molar-refractivity contribution is 9.10. The largest absolute Gasteiger partial charge is 0.503 e. The summed E-state index contributed by atoms with van der Waals surface area (Å²) in [5.74, 6) is -1.38. The highest BCUT2D eigenvalue weighted by Gasteiger charge is 2.10. The Morgan fingerprint density at radius 1 is 1.45 bits per heavy atom. The van der Waals surface area contributed by atoms with Crippen LogP contribution in [0.1, 0.15) is 12.5 Å². The van der Waals surface area contributed by atoms with Crippen LogP contribution in [0.25, 0.3) is 0 Å². The van der Waals surface area contributed by atoms with Gasteiger partial charge in [0.05, 0.1) is 17.3 Å². The highest BCUT2D eigenvalue weighted by Crippen LogP contribution is 2.34. The monoisotopic (exact) mass is 343 g/mol. The third-order valence-electron chi connectivity index (χ3n) is 2.16. The summed E-state index contributed by atoms with van der Waals surface area (Å²) in [6, 6.07) is 3.15. The molecule has 3 N–H and O–H groups in total. The van der Waals surface area contributed by atoms with E-state index < -0.39 is 11.8 Å². The minimum atomic E-state index is -0.869. The number of phenolic OH excluding ortho intramolecular Hbond substituents is 1. The van der Waals surface area contributed by atoms with E-state index in [0.29, 0.717) is 22.4 Å². The summed E-state index contributed by atoms with van der Waals surface area (Å²) >= 11 is 3.18. The van der Waals surface area contributed by atoms with E-state index in [4.69, 9.17) is 4.74 Å². The molecule has 1 aromatic rings. The average Bonchev–Trinajstić information content (AvgIpc) is 2.43. The summed E-state index contributed by atoms with van der Waals surface area (Å²) < 4.78 is 5.68. The Balaban J connectivity index is 2.82. The van der Waals surface area contributed by atoms with E-state index in [1.54, 1.807) is 19.1 Å². The number of rotatable bonds is 4. The van der Waals surface area contributed by atoms with Crippen LogP contribution in [0.5, 0.6) is 11.5 Å². The third kappa shape index (κ3) is 4.23. The van der Waals surface area contributed by atoms with Crippen molar-refractivity contribution in [2.24, 2.45) is 5.10 Å².